The van der Waals surface area contributed by atoms with Crippen molar-refractivity contribution < 1.29 is 23.1 Å². The number of rotatable bonds is 8. The number of nitrogens with zero attached hydrogens (tertiary/aromatic N) is 6. The van der Waals surface area contributed by atoms with Gasteiger partial charge in [0.05, 0.1) is 36.6 Å². The lowest BCUT2D eigenvalue weighted by atomic mass is 9.99. The third-order valence-electron chi connectivity index (χ3n) is 10.7. The Labute approximate surface area is 278 Å². The normalized spacial score (nSPS) is 25.6. The highest BCUT2D eigenvalue weighted by atomic mass is 19.3. The number of hydrogen-bond donors (Lipinski definition) is 2. The first kappa shape index (κ1) is 33.2. The number of piperidine rings is 1. The maximum absolute atomic E-state index is 14.4. The van der Waals surface area contributed by atoms with E-state index >= 15 is 0 Å². The summed E-state index contributed by atoms with van der Waals surface area (Å²) < 4.78 is 45.5. The number of piperazine rings is 1. The molecule has 13 heteroatoms. The van der Waals surface area contributed by atoms with Crippen LogP contribution in [0.5, 0.6) is 0 Å². The maximum Gasteiger partial charge on any atom is 0.350 e. The number of likely N-dealkylation sites (tertiary alicyclic amines) is 1. The number of carbonyl (C=O) groups excluding carboxylic acids is 1. The van der Waals surface area contributed by atoms with Gasteiger partial charge in [-0.25, -0.2) is 27.0 Å². The molecule has 3 aromatic rings. The predicted octanol–water partition coefficient (Wildman–Crippen LogP) is 3.16. The van der Waals surface area contributed by atoms with Gasteiger partial charge in [-0.1, -0.05) is 12.1 Å². The smallest absolute Gasteiger partial charge is 0.350 e. The molecular formula is C35H46F3N7O3. The largest absolute Gasteiger partial charge is 0.389 e. The number of pyridine rings is 1. The van der Waals surface area contributed by atoms with Crippen LogP contribution in [0.25, 0.3) is 5.65 Å². The van der Waals surface area contributed by atoms with Crippen LogP contribution in [0, 0.1) is 5.82 Å². The van der Waals surface area contributed by atoms with Crippen LogP contribution < -0.4 is 15.9 Å². The highest BCUT2D eigenvalue weighted by molar-refractivity contribution is 5.98. The average molecular weight is 670 g/mol. The second-order valence-electron chi connectivity index (χ2n) is 15.4. The first-order valence-electron chi connectivity index (χ1n) is 17.1. The molecule has 10 nitrogen and oxygen atoms in total. The molecule has 0 radical (unpaired) electrons. The Kier molecular flexibility index (Phi) is 8.28. The van der Waals surface area contributed by atoms with Crippen molar-refractivity contribution in [2.75, 3.05) is 44.2 Å². The molecule has 1 aromatic carbocycles. The highest BCUT2D eigenvalue weighted by Gasteiger charge is 2.55. The minimum atomic E-state index is -2.71. The van der Waals surface area contributed by atoms with Crippen molar-refractivity contribution in [3.63, 3.8) is 0 Å². The molecule has 5 heterocycles. The average Bonchev–Trinajstić information content (AvgIpc) is 3.62. The minimum Gasteiger partial charge on any atom is -0.389 e. The first-order chi connectivity index (χ1) is 22.6. The Morgan fingerprint density at radius 3 is 2.52 bits per heavy atom. The van der Waals surface area contributed by atoms with E-state index in [1.807, 2.05) is 17.9 Å². The van der Waals surface area contributed by atoms with Gasteiger partial charge in [0.2, 0.25) is 5.91 Å². The predicted molar refractivity (Wildman–Crippen MR) is 176 cm³/mol. The quantitative estimate of drug-likeness (QED) is 0.381. The lowest BCUT2D eigenvalue weighted by Gasteiger charge is -2.45. The molecule has 48 heavy (non-hydrogen) atoms. The molecule has 260 valence electrons. The molecule has 3 atom stereocenters. The molecule has 0 bridgehead atoms. The van der Waals surface area contributed by atoms with E-state index in [-0.39, 0.29) is 67.0 Å². The van der Waals surface area contributed by atoms with Crippen LogP contribution in [-0.2, 0) is 23.2 Å². The number of fused-ring (bicyclic) bond motifs is 4. The Bertz CT molecular complexity index is 1760. The summed E-state index contributed by atoms with van der Waals surface area (Å²) in [5.74, 6) is -3.16. The molecule has 3 fully saturated rings. The van der Waals surface area contributed by atoms with E-state index in [0.29, 0.717) is 50.4 Å². The molecular weight excluding hydrogens is 623 g/mol. The number of amides is 1. The van der Waals surface area contributed by atoms with Crippen LogP contribution in [0.1, 0.15) is 70.2 Å². The topological polar surface area (TPSA) is 98.4 Å². The highest BCUT2D eigenvalue weighted by Crippen LogP contribution is 2.56. The third-order valence-corrected chi connectivity index (χ3v) is 10.7. The number of aliphatic hydroxyl groups is 1. The molecule has 3 aliphatic heterocycles. The number of carbonyl (C=O) groups is 1. The second kappa shape index (κ2) is 12.0. The number of hydrogen-bond acceptors (Lipinski definition) is 7. The van der Waals surface area contributed by atoms with E-state index in [1.165, 1.54) is 16.8 Å². The summed E-state index contributed by atoms with van der Waals surface area (Å²) in [5.41, 5.74) is 1.55. The fourth-order valence-corrected chi connectivity index (χ4v) is 7.91. The zero-order valence-electron chi connectivity index (χ0n) is 28.2. The van der Waals surface area contributed by atoms with Crippen molar-refractivity contribution in [2.24, 2.45) is 0 Å². The SMILES string of the molecule is C[C@@H]1CN(CC(=O)N2CC3(CC3)c3c2cc(Cc2ccc(F)cc2)c2nn(CC(C)(C)O)c(=O)n32)[C@@H](CN2CC(F)(F)CC[C@H]2C)CN1. The summed E-state index contributed by atoms with van der Waals surface area (Å²) in [4.78, 5) is 34.2. The van der Waals surface area contributed by atoms with Crippen LogP contribution in [0.3, 0.4) is 0 Å². The van der Waals surface area contributed by atoms with Gasteiger partial charge in [-0.3, -0.25) is 14.6 Å². The van der Waals surface area contributed by atoms with E-state index in [4.69, 9.17) is 5.10 Å². The number of aromatic nitrogens is 3. The first-order valence-corrected chi connectivity index (χ1v) is 17.1. The lowest BCUT2D eigenvalue weighted by molar-refractivity contribution is -0.121. The van der Waals surface area contributed by atoms with Gasteiger partial charge in [0.15, 0.2) is 5.65 Å². The number of anilines is 1. The fraction of sp³-hybridized carbons (Fsp3) is 0.629. The zero-order valence-corrected chi connectivity index (χ0v) is 28.2. The van der Waals surface area contributed by atoms with Crippen LogP contribution >= 0.6 is 0 Å². The summed E-state index contributed by atoms with van der Waals surface area (Å²) in [5, 5.41) is 18.7. The van der Waals surface area contributed by atoms with Gasteiger partial charge < -0.3 is 15.3 Å². The van der Waals surface area contributed by atoms with E-state index in [0.717, 1.165) is 29.7 Å². The van der Waals surface area contributed by atoms with Crippen molar-refractivity contribution in [1.29, 1.82) is 0 Å². The van der Waals surface area contributed by atoms with Crippen molar-refractivity contribution in [1.82, 2.24) is 29.3 Å². The molecule has 7 rings (SSSR count). The van der Waals surface area contributed by atoms with E-state index < -0.39 is 11.5 Å². The van der Waals surface area contributed by atoms with Crippen molar-refractivity contribution in [3.05, 3.63) is 63.5 Å². The Morgan fingerprint density at radius 2 is 1.83 bits per heavy atom. The molecule has 1 aliphatic carbocycles. The van der Waals surface area contributed by atoms with Crippen LogP contribution in [0.2, 0.25) is 0 Å². The van der Waals surface area contributed by atoms with Gasteiger partial charge in [0.25, 0.3) is 5.92 Å². The van der Waals surface area contributed by atoms with Crippen molar-refractivity contribution >= 4 is 17.2 Å². The van der Waals surface area contributed by atoms with E-state index in [2.05, 4.69) is 17.1 Å². The molecule has 1 spiro atoms. The molecule has 2 saturated heterocycles. The van der Waals surface area contributed by atoms with Crippen molar-refractivity contribution in [3.8, 4) is 0 Å². The van der Waals surface area contributed by atoms with Gasteiger partial charge in [0, 0.05) is 68.1 Å². The monoisotopic (exact) mass is 669 g/mol. The van der Waals surface area contributed by atoms with Gasteiger partial charge in [-0.05, 0) is 70.7 Å². The van der Waals surface area contributed by atoms with Gasteiger partial charge in [-0.15, -0.1) is 5.10 Å². The third kappa shape index (κ3) is 6.41. The number of nitrogens with one attached hydrogen (secondary N) is 1. The van der Waals surface area contributed by atoms with Crippen molar-refractivity contribution in [2.45, 2.75) is 101 Å². The maximum atomic E-state index is 14.4. The summed E-state index contributed by atoms with van der Waals surface area (Å²) in [6.07, 6.45) is 2.36. The zero-order chi connectivity index (χ0) is 34.2. The van der Waals surface area contributed by atoms with E-state index in [1.54, 1.807) is 35.3 Å². The molecule has 1 saturated carbocycles. The number of alkyl halides is 2. The molecule has 4 aliphatic rings. The second-order valence-corrected chi connectivity index (χ2v) is 15.4. The lowest BCUT2D eigenvalue weighted by Crippen LogP contribution is -2.62. The Balaban J connectivity index is 1.23. The number of benzene rings is 1. The Morgan fingerprint density at radius 1 is 1.10 bits per heavy atom. The van der Waals surface area contributed by atoms with Gasteiger partial charge in [0.1, 0.15) is 5.82 Å². The van der Waals surface area contributed by atoms with Gasteiger partial charge in [-0.2, -0.15) is 0 Å². The molecule has 1 amide bonds. The molecule has 0 unspecified atom stereocenters. The van der Waals surface area contributed by atoms with Gasteiger partial charge >= 0.3 is 5.69 Å². The molecule has 2 aromatic heterocycles. The van der Waals surface area contributed by atoms with E-state index in [9.17, 15) is 27.9 Å². The summed E-state index contributed by atoms with van der Waals surface area (Å²) in [6, 6.07) is 8.20. The summed E-state index contributed by atoms with van der Waals surface area (Å²) in [7, 11) is 0. The fourth-order valence-electron chi connectivity index (χ4n) is 7.91. The Hall–Kier alpha value is -3.26. The summed E-state index contributed by atoms with van der Waals surface area (Å²) >= 11 is 0. The standard InChI is InChI=1S/C35H46F3N7O3/c1-22-16-41(27(15-39-22)17-42-21-35(37,38)10-9-23(42)2)18-29(46)43-20-34(11-12-34)30-28(43)14-25(13-24-5-7-26(36)8-6-24)31-40-44(19-33(3,4)48)32(47)45(30)31/h5-8,14,22-23,27,39,48H,9-13,15-21H2,1-4H3/t22-,23-,27-/m1/s1. The molecule has 2 N–H and O–H groups in total. The van der Waals surface area contributed by atoms with Crippen LogP contribution in [0.15, 0.2) is 35.1 Å². The minimum absolute atomic E-state index is 0.00193. The summed E-state index contributed by atoms with van der Waals surface area (Å²) in [6.45, 7) is 9.26. The number of halogens is 3. The van der Waals surface area contributed by atoms with Crippen LogP contribution in [0.4, 0.5) is 18.9 Å². The van der Waals surface area contributed by atoms with Crippen LogP contribution in [-0.4, -0.2) is 104 Å².